The largest absolute Gasteiger partial charge is 0.493 e. The van der Waals surface area contributed by atoms with Crippen molar-refractivity contribution < 1.29 is 19.4 Å². The second-order valence-corrected chi connectivity index (χ2v) is 6.93. The second kappa shape index (κ2) is 8.86. The van der Waals surface area contributed by atoms with E-state index in [0.717, 1.165) is 30.5 Å². The van der Waals surface area contributed by atoms with Crippen LogP contribution in [0.25, 0.3) is 0 Å². The van der Waals surface area contributed by atoms with Crippen molar-refractivity contribution in [2.75, 3.05) is 13.7 Å². The van der Waals surface area contributed by atoms with Gasteiger partial charge in [-0.2, -0.15) is 0 Å². The van der Waals surface area contributed by atoms with E-state index in [2.05, 4.69) is 9.88 Å². The second-order valence-electron chi connectivity index (χ2n) is 6.93. The van der Waals surface area contributed by atoms with Crippen LogP contribution in [0, 0.1) is 5.92 Å². The van der Waals surface area contributed by atoms with E-state index in [1.165, 1.54) is 0 Å². The maximum Gasteiger partial charge on any atom is 0.308 e. The van der Waals surface area contributed by atoms with Crippen LogP contribution < -0.4 is 9.47 Å². The normalized spacial score (nSPS) is 20.2. The van der Waals surface area contributed by atoms with E-state index in [0.29, 0.717) is 24.7 Å². The number of aromatic nitrogens is 1. The van der Waals surface area contributed by atoms with Gasteiger partial charge in [-0.05, 0) is 61.7 Å². The Kier molecular flexibility index (Phi) is 6.29. The van der Waals surface area contributed by atoms with E-state index in [9.17, 15) is 9.90 Å². The average Bonchev–Trinajstić information content (AvgIpc) is 2.69. The van der Waals surface area contributed by atoms with E-state index >= 15 is 0 Å². The van der Waals surface area contributed by atoms with Gasteiger partial charge in [-0.1, -0.05) is 6.07 Å². The van der Waals surface area contributed by atoms with Crippen LogP contribution in [0.15, 0.2) is 42.7 Å². The van der Waals surface area contributed by atoms with Crippen molar-refractivity contribution in [1.29, 1.82) is 0 Å². The van der Waals surface area contributed by atoms with Crippen LogP contribution in [0.2, 0.25) is 0 Å². The van der Waals surface area contributed by atoms with Gasteiger partial charge in [-0.25, -0.2) is 0 Å². The van der Waals surface area contributed by atoms with E-state index in [1.807, 2.05) is 37.3 Å². The molecule has 1 aliphatic heterocycles. The summed E-state index contributed by atoms with van der Waals surface area (Å²) in [7, 11) is 1.63. The lowest BCUT2D eigenvalue weighted by Gasteiger charge is -2.37. The van der Waals surface area contributed by atoms with Crippen molar-refractivity contribution in [1.82, 2.24) is 9.88 Å². The van der Waals surface area contributed by atoms with Gasteiger partial charge in [-0.15, -0.1) is 0 Å². The number of piperidine rings is 1. The van der Waals surface area contributed by atoms with Gasteiger partial charge in [0.25, 0.3) is 0 Å². The Morgan fingerprint density at radius 2 is 2.00 bits per heavy atom. The summed E-state index contributed by atoms with van der Waals surface area (Å²) in [5.74, 6) is 0.363. The molecule has 6 heteroatoms. The Labute approximate surface area is 159 Å². The molecule has 0 spiro atoms. The molecule has 0 bridgehead atoms. The molecule has 1 fully saturated rings. The number of hydrogen-bond acceptors (Lipinski definition) is 5. The zero-order chi connectivity index (χ0) is 19.2. The number of rotatable bonds is 7. The molecule has 0 saturated carbocycles. The lowest BCUT2D eigenvalue weighted by molar-refractivity contribution is -0.145. The summed E-state index contributed by atoms with van der Waals surface area (Å²) in [5, 5.41) is 9.40. The number of aliphatic carboxylic acids is 1. The Morgan fingerprint density at radius 3 is 2.70 bits per heavy atom. The number of carbonyl (C=O) groups is 1. The predicted octanol–water partition coefficient (Wildman–Crippen LogP) is 3.35. The van der Waals surface area contributed by atoms with E-state index < -0.39 is 5.97 Å². The highest BCUT2D eigenvalue weighted by molar-refractivity contribution is 5.71. The average molecular weight is 370 g/mol. The molecule has 6 nitrogen and oxygen atoms in total. The molecule has 1 aromatic carbocycles. The number of pyridine rings is 1. The zero-order valence-electron chi connectivity index (χ0n) is 15.8. The number of methoxy groups -OCH3 is 1. The number of carboxylic acids is 1. The van der Waals surface area contributed by atoms with Gasteiger partial charge in [-0.3, -0.25) is 14.7 Å². The molecule has 1 aromatic heterocycles. The van der Waals surface area contributed by atoms with Crippen LogP contribution in [0.4, 0.5) is 0 Å². The summed E-state index contributed by atoms with van der Waals surface area (Å²) in [6.45, 7) is 4.06. The Balaban J connectivity index is 1.67. The number of benzene rings is 1. The third-order valence-corrected chi connectivity index (χ3v) is 5.19. The van der Waals surface area contributed by atoms with Crippen LogP contribution in [0.1, 0.15) is 30.9 Å². The Bertz CT molecular complexity index is 766. The van der Waals surface area contributed by atoms with Gasteiger partial charge >= 0.3 is 5.97 Å². The number of ether oxygens (including phenoxy) is 2. The SMILES string of the molecule is COc1cc(CN2CCC[C@H](C(=O)O)[C@@H]2C)ccc1OCc1ccncc1. The third kappa shape index (κ3) is 4.77. The summed E-state index contributed by atoms with van der Waals surface area (Å²) in [4.78, 5) is 17.7. The highest BCUT2D eigenvalue weighted by Crippen LogP contribution is 2.31. The molecule has 0 amide bonds. The number of nitrogens with zero attached hydrogens (tertiary/aromatic N) is 2. The van der Waals surface area contributed by atoms with Gasteiger partial charge in [0, 0.05) is 25.0 Å². The molecule has 1 saturated heterocycles. The summed E-state index contributed by atoms with van der Waals surface area (Å²) < 4.78 is 11.4. The Hall–Kier alpha value is -2.60. The molecule has 2 atom stereocenters. The minimum Gasteiger partial charge on any atom is -0.493 e. The molecule has 0 aliphatic carbocycles. The van der Waals surface area contributed by atoms with Crippen molar-refractivity contribution >= 4 is 5.97 Å². The molecule has 2 aromatic rings. The van der Waals surface area contributed by atoms with Crippen molar-refractivity contribution in [2.45, 2.75) is 39.0 Å². The molecule has 144 valence electrons. The molecule has 2 heterocycles. The van der Waals surface area contributed by atoms with Crippen LogP contribution in [-0.4, -0.2) is 40.7 Å². The molecule has 0 unspecified atom stereocenters. The van der Waals surface area contributed by atoms with Crippen LogP contribution in [0.5, 0.6) is 11.5 Å². The minimum absolute atomic E-state index is 0.0184. The van der Waals surface area contributed by atoms with E-state index in [4.69, 9.17) is 9.47 Å². The summed E-state index contributed by atoms with van der Waals surface area (Å²) >= 11 is 0. The molecule has 27 heavy (non-hydrogen) atoms. The first kappa shape index (κ1) is 19.2. The van der Waals surface area contributed by atoms with Gasteiger partial charge in [0.15, 0.2) is 11.5 Å². The summed E-state index contributed by atoms with van der Waals surface area (Å²) in [6.07, 6.45) is 5.13. The van der Waals surface area contributed by atoms with Crippen LogP contribution in [-0.2, 0) is 17.9 Å². The number of carboxylic acid groups (broad SMARTS) is 1. The molecule has 0 radical (unpaired) electrons. The molecule has 1 aliphatic rings. The van der Waals surface area contributed by atoms with Gasteiger partial charge in [0.2, 0.25) is 0 Å². The van der Waals surface area contributed by atoms with Crippen molar-refractivity contribution in [2.24, 2.45) is 5.92 Å². The summed E-state index contributed by atoms with van der Waals surface area (Å²) in [6, 6.07) is 9.75. The maximum absolute atomic E-state index is 11.4. The van der Waals surface area contributed by atoms with E-state index in [-0.39, 0.29) is 12.0 Å². The lowest BCUT2D eigenvalue weighted by atomic mass is 9.90. The molecule has 1 N–H and O–H groups in total. The monoisotopic (exact) mass is 370 g/mol. The predicted molar refractivity (Wildman–Crippen MR) is 102 cm³/mol. The summed E-state index contributed by atoms with van der Waals surface area (Å²) in [5.41, 5.74) is 2.12. The topological polar surface area (TPSA) is 71.9 Å². The number of hydrogen-bond donors (Lipinski definition) is 1. The molecule has 3 rings (SSSR count). The first-order valence-electron chi connectivity index (χ1n) is 9.24. The van der Waals surface area contributed by atoms with Crippen molar-refractivity contribution in [3.05, 3.63) is 53.9 Å². The fourth-order valence-corrected chi connectivity index (χ4v) is 3.57. The fraction of sp³-hybridized carbons (Fsp3) is 0.429. The fourth-order valence-electron chi connectivity index (χ4n) is 3.57. The molecular weight excluding hydrogens is 344 g/mol. The minimum atomic E-state index is -0.704. The Morgan fingerprint density at radius 1 is 1.22 bits per heavy atom. The smallest absolute Gasteiger partial charge is 0.308 e. The van der Waals surface area contributed by atoms with Gasteiger partial charge in [0.05, 0.1) is 13.0 Å². The first-order chi connectivity index (χ1) is 13.1. The van der Waals surface area contributed by atoms with Gasteiger partial charge < -0.3 is 14.6 Å². The first-order valence-corrected chi connectivity index (χ1v) is 9.24. The van der Waals surface area contributed by atoms with Crippen molar-refractivity contribution in [3.8, 4) is 11.5 Å². The molecular formula is C21H26N2O4. The highest BCUT2D eigenvalue weighted by Gasteiger charge is 2.32. The highest BCUT2D eigenvalue weighted by atomic mass is 16.5. The standard InChI is InChI=1S/C21H26N2O4/c1-15-18(21(24)25)4-3-11-23(15)13-17-5-6-19(20(12-17)26-2)27-14-16-7-9-22-10-8-16/h5-10,12,15,18H,3-4,11,13-14H2,1-2H3,(H,24,25)/t15-,18-/m0/s1. The van der Waals surface area contributed by atoms with E-state index in [1.54, 1.807) is 19.5 Å². The van der Waals surface area contributed by atoms with Crippen LogP contribution >= 0.6 is 0 Å². The van der Waals surface area contributed by atoms with Gasteiger partial charge in [0.1, 0.15) is 6.61 Å². The maximum atomic E-state index is 11.4. The van der Waals surface area contributed by atoms with Crippen molar-refractivity contribution in [3.63, 3.8) is 0 Å². The lowest BCUT2D eigenvalue weighted by Crippen LogP contribution is -2.45. The number of likely N-dealkylation sites (tertiary alicyclic amines) is 1. The third-order valence-electron chi connectivity index (χ3n) is 5.19. The zero-order valence-corrected chi connectivity index (χ0v) is 15.8. The quantitative estimate of drug-likeness (QED) is 0.806. The van der Waals surface area contributed by atoms with Crippen LogP contribution in [0.3, 0.4) is 0 Å².